The van der Waals surface area contributed by atoms with Gasteiger partial charge in [-0.2, -0.15) is 0 Å². The Kier molecular flexibility index (Phi) is 2.79. The molecule has 0 radical (unpaired) electrons. The summed E-state index contributed by atoms with van der Waals surface area (Å²) >= 11 is 0. The molecule has 13 heavy (non-hydrogen) atoms. The predicted molar refractivity (Wildman–Crippen MR) is 47.5 cm³/mol. The standard InChI is InChI=1S/C8H11N3O2/c1-5-3-7(10-4-9-5)11-6(2)8(12)13/h3-4,6H,1-2H3,(H,12,13)(H,9,10,11). The highest BCUT2D eigenvalue weighted by molar-refractivity contribution is 5.76. The second-order valence-electron chi connectivity index (χ2n) is 2.75. The third-order valence-corrected chi connectivity index (χ3v) is 1.54. The summed E-state index contributed by atoms with van der Waals surface area (Å²) in [6.45, 7) is 3.37. The van der Waals surface area contributed by atoms with Crippen LogP contribution in [0.15, 0.2) is 12.4 Å². The molecule has 1 unspecified atom stereocenters. The summed E-state index contributed by atoms with van der Waals surface area (Å²) in [5, 5.41) is 11.3. The van der Waals surface area contributed by atoms with Crippen molar-refractivity contribution in [3.8, 4) is 0 Å². The van der Waals surface area contributed by atoms with Gasteiger partial charge in [-0.05, 0) is 13.8 Å². The molecule has 5 nitrogen and oxygen atoms in total. The zero-order chi connectivity index (χ0) is 9.84. The van der Waals surface area contributed by atoms with Crippen LogP contribution in [0.25, 0.3) is 0 Å². The van der Waals surface area contributed by atoms with E-state index in [4.69, 9.17) is 5.11 Å². The predicted octanol–water partition coefficient (Wildman–Crippen LogP) is 0.670. The molecule has 0 amide bonds. The van der Waals surface area contributed by atoms with Crippen molar-refractivity contribution < 1.29 is 9.90 Å². The molecule has 0 aliphatic heterocycles. The molecule has 1 aromatic heterocycles. The van der Waals surface area contributed by atoms with Crippen LogP contribution in [0, 0.1) is 6.92 Å². The van der Waals surface area contributed by atoms with Gasteiger partial charge in [-0.15, -0.1) is 0 Å². The molecule has 1 atom stereocenters. The number of hydrogen-bond acceptors (Lipinski definition) is 4. The van der Waals surface area contributed by atoms with Crippen molar-refractivity contribution in [3.05, 3.63) is 18.1 Å². The van der Waals surface area contributed by atoms with Crippen molar-refractivity contribution in [1.29, 1.82) is 0 Å². The highest BCUT2D eigenvalue weighted by Crippen LogP contribution is 2.04. The summed E-state index contributed by atoms with van der Waals surface area (Å²) in [6.07, 6.45) is 1.40. The number of anilines is 1. The third-order valence-electron chi connectivity index (χ3n) is 1.54. The monoisotopic (exact) mass is 181 g/mol. The van der Waals surface area contributed by atoms with E-state index in [1.54, 1.807) is 13.0 Å². The lowest BCUT2D eigenvalue weighted by Crippen LogP contribution is -2.25. The van der Waals surface area contributed by atoms with E-state index >= 15 is 0 Å². The summed E-state index contributed by atoms with van der Waals surface area (Å²) in [5.74, 6) is -0.376. The molecule has 0 fully saturated rings. The van der Waals surface area contributed by atoms with Crippen molar-refractivity contribution in [3.63, 3.8) is 0 Å². The Morgan fingerprint density at radius 1 is 1.62 bits per heavy atom. The fourth-order valence-electron chi connectivity index (χ4n) is 0.817. The average Bonchev–Trinajstić information content (AvgIpc) is 2.04. The molecular formula is C8H11N3O2. The van der Waals surface area contributed by atoms with E-state index in [1.807, 2.05) is 6.92 Å². The molecule has 0 spiro atoms. The van der Waals surface area contributed by atoms with E-state index in [0.29, 0.717) is 5.82 Å². The number of aryl methyl sites for hydroxylation is 1. The van der Waals surface area contributed by atoms with Crippen LogP contribution in [0.1, 0.15) is 12.6 Å². The van der Waals surface area contributed by atoms with Crippen molar-refractivity contribution >= 4 is 11.8 Å². The number of nitrogens with one attached hydrogen (secondary N) is 1. The van der Waals surface area contributed by atoms with Crippen LogP contribution in [0.2, 0.25) is 0 Å². The van der Waals surface area contributed by atoms with E-state index in [9.17, 15) is 4.79 Å². The highest BCUT2D eigenvalue weighted by Gasteiger charge is 2.10. The maximum Gasteiger partial charge on any atom is 0.325 e. The molecule has 0 bridgehead atoms. The number of carboxylic acids is 1. The van der Waals surface area contributed by atoms with E-state index in [-0.39, 0.29) is 0 Å². The maximum absolute atomic E-state index is 10.5. The summed E-state index contributed by atoms with van der Waals surface area (Å²) < 4.78 is 0. The molecule has 0 aliphatic carbocycles. The van der Waals surface area contributed by atoms with Crippen LogP contribution in [0.4, 0.5) is 5.82 Å². The minimum Gasteiger partial charge on any atom is -0.480 e. The lowest BCUT2D eigenvalue weighted by molar-refractivity contribution is -0.137. The number of aliphatic carboxylic acids is 1. The van der Waals surface area contributed by atoms with E-state index in [2.05, 4.69) is 15.3 Å². The van der Waals surface area contributed by atoms with Gasteiger partial charge in [0.25, 0.3) is 0 Å². The number of carboxylic acid groups (broad SMARTS) is 1. The zero-order valence-corrected chi connectivity index (χ0v) is 7.48. The fourth-order valence-corrected chi connectivity index (χ4v) is 0.817. The molecule has 0 aromatic carbocycles. The molecular weight excluding hydrogens is 170 g/mol. The van der Waals surface area contributed by atoms with E-state index in [0.717, 1.165) is 5.69 Å². The molecule has 0 saturated carbocycles. The summed E-state index contributed by atoms with van der Waals surface area (Å²) in [5.41, 5.74) is 0.801. The van der Waals surface area contributed by atoms with Gasteiger partial charge in [-0.25, -0.2) is 9.97 Å². The Balaban J connectivity index is 2.69. The molecule has 5 heteroatoms. The molecule has 70 valence electrons. The van der Waals surface area contributed by atoms with Gasteiger partial charge in [-0.1, -0.05) is 0 Å². The second-order valence-corrected chi connectivity index (χ2v) is 2.75. The van der Waals surface area contributed by atoms with Crippen molar-refractivity contribution in [2.24, 2.45) is 0 Å². The van der Waals surface area contributed by atoms with E-state index < -0.39 is 12.0 Å². The molecule has 1 heterocycles. The topological polar surface area (TPSA) is 75.1 Å². The maximum atomic E-state index is 10.5. The Hall–Kier alpha value is -1.65. The van der Waals surface area contributed by atoms with Gasteiger partial charge in [0.1, 0.15) is 18.2 Å². The van der Waals surface area contributed by atoms with Gasteiger partial charge < -0.3 is 10.4 Å². The smallest absolute Gasteiger partial charge is 0.325 e. The zero-order valence-electron chi connectivity index (χ0n) is 7.48. The van der Waals surface area contributed by atoms with E-state index in [1.165, 1.54) is 6.33 Å². The van der Waals surface area contributed by atoms with Crippen LogP contribution < -0.4 is 5.32 Å². The van der Waals surface area contributed by atoms with Gasteiger partial charge in [-0.3, -0.25) is 4.79 Å². The first-order valence-electron chi connectivity index (χ1n) is 3.87. The molecule has 1 aromatic rings. The van der Waals surface area contributed by atoms with Gasteiger partial charge in [0.15, 0.2) is 0 Å². The first kappa shape index (κ1) is 9.44. The van der Waals surface area contributed by atoms with Crippen LogP contribution >= 0.6 is 0 Å². The van der Waals surface area contributed by atoms with Gasteiger partial charge >= 0.3 is 5.97 Å². The normalized spacial score (nSPS) is 12.2. The summed E-state index contributed by atoms with van der Waals surface area (Å²) in [7, 11) is 0. The van der Waals surface area contributed by atoms with Crippen molar-refractivity contribution in [1.82, 2.24) is 9.97 Å². The Labute approximate surface area is 75.8 Å². The largest absolute Gasteiger partial charge is 0.480 e. The third kappa shape index (κ3) is 2.70. The van der Waals surface area contributed by atoms with Gasteiger partial charge in [0.2, 0.25) is 0 Å². The molecule has 0 aliphatic rings. The number of nitrogens with zero attached hydrogens (tertiary/aromatic N) is 2. The van der Waals surface area contributed by atoms with Crippen LogP contribution in [-0.4, -0.2) is 27.1 Å². The SMILES string of the molecule is Cc1cc(NC(C)C(=O)O)ncn1. The first-order chi connectivity index (χ1) is 6.09. The summed E-state index contributed by atoms with van der Waals surface area (Å²) in [6, 6.07) is 1.05. The fraction of sp³-hybridized carbons (Fsp3) is 0.375. The molecule has 2 N–H and O–H groups in total. The number of rotatable bonds is 3. The molecule has 0 saturated heterocycles. The Morgan fingerprint density at radius 2 is 2.31 bits per heavy atom. The Morgan fingerprint density at radius 3 is 2.85 bits per heavy atom. The highest BCUT2D eigenvalue weighted by atomic mass is 16.4. The minimum absolute atomic E-state index is 0.530. The number of hydrogen-bond donors (Lipinski definition) is 2. The van der Waals surface area contributed by atoms with Crippen molar-refractivity contribution in [2.45, 2.75) is 19.9 Å². The second kappa shape index (κ2) is 3.84. The minimum atomic E-state index is -0.906. The van der Waals surface area contributed by atoms with Gasteiger partial charge in [0, 0.05) is 11.8 Å². The van der Waals surface area contributed by atoms with Crippen LogP contribution in [-0.2, 0) is 4.79 Å². The van der Waals surface area contributed by atoms with Crippen LogP contribution in [0.3, 0.4) is 0 Å². The molecule has 1 rings (SSSR count). The quantitative estimate of drug-likeness (QED) is 0.716. The van der Waals surface area contributed by atoms with Crippen LogP contribution in [0.5, 0.6) is 0 Å². The number of carbonyl (C=O) groups is 1. The lowest BCUT2D eigenvalue weighted by Gasteiger charge is -2.09. The summed E-state index contributed by atoms with van der Waals surface area (Å²) in [4.78, 5) is 18.3. The first-order valence-corrected chi connectivity index (χ1v) is 3.87. The lowest BCUT2D eigenvalue weighted by atomic mass is 10.3. The van der Waals surface area contributed by atoms with Gasteiger partial charge in [0.05, 0.1) is 0 Å². The Bertz CT molecular complexity index is 314. The average molecular weight is 181 g/mol. The number of aromatic nitrogens is 2. The van der Waals surface area contributed by atoms with Crippen molar-refractivity contribution in [2.75, 3.05) is 5.32 Å².